The predicted molar refractivity (Wildman–Crippen MR) is 274 cm³/mol. The van der Waals surface area contributed by atoms with Gasteiger partial charge in [-0.2, -0.15) is 8.42 Å². The molecule has 0 amide bonds. The number of carbonyl (C=O) groups is 1. The van der Waals surface area contributed by atoms with E-state index in [-0.39, 0.29) is 41.8 Å². The molecule has 10 aliphatic rings. The number of fused-ring (bicyclic) bond motifs is 5. The Hall–Kier alpha value is -2.06. The number of hydrogen-bond donors (Lipinski definition) is 12. The molecule has 9 fully saturated rings. The van der Waals surface area contributed by atoms with E-state index < -0.39 is 194 Å². The first-order chi connectivity index (χ1) is 39.0. The fourth-order valence-corrected chi connectivity index (χ4v) is 16.9. The molecule has 29 heteroatoms. The summed E-state index contributed by atoms with van der Waals surface area (Å²) in [6.07, 6.45) is -35.4. The van der Waals surface area contributed by atoms with Gasteiger partial charge >= 0.3 is 16.4 Å². The first-order valence-electron chi connectivity index (χ1n) is 28.5. The standard InChI is InChI=1S/C54H84O28S/c1-20(2)31-25-15-53(7)23-9-10-29-51(4,5)30(12-13-52(29,6)22(23)11-14-54(31,53)50(66)76-25)77-48-43(34(60)28(19-72-48)82-83(67,68)69)81-49-44(80-46-36(62)35(61)32(58)26(16-55)74-46)37(63)40(21(3)73-49)78-47-39(65)42(33(59)27(17-56)75-47)79-45-38(64)41(70-8)24(57)18-71-45/h9,21-22,24-49,55-65H,1,10-19H2,2-8H3,(H,67,68,69)/t21-,22?,24-,25-,26-,27-,28-,29?,30+,31+,32-,33-,34+,35+,36-,37+,38-,39-,40-,41+,42+,43-,44-,45+,46+,47+,48+,49+,52-,53+,54-/m1/s1. The van der Waals surface area contributed by atoms with Gasteiger partial charge in [0, 0.05) is 18.4 Å². The number of rotatable bonds is 16. The summed E-state index contributed by atoms with van der Waals surface area (Å²) in [4.78, 5) is 13.8. The number of methoxy groups -OCH3 is 1. The lowest BCUT2D eigenvalue weighted by Crippen LogP contribution is -2.68. The lowest BCUT2D eigenvalue weighted by atomic mass is 9.40. The summed E-state index contributed by atoms with van der Waals surface area (Å²) in [5.41, 5.74) is 0.167. The van der Waals surface area contributed by atoms with Crippen molar-refractivity contribution in [2.45, 2.75) is 234 Å². The van der Waals surface area contributed by atoms with Crippen LogP contribution in [-0.4, -0.2) is 262 Å². The molecule has 0 aromatic heterocycles. The third-order valence-corrected chi connectivity index (χ3v) is 21.1. The molecule has 2 unspecified atom stereocenters. The number of esters is 1. The van der Waals surface area contributed by atoms with Crippen molar-refractivity contribution in [2.75, 3.05) is 33.5 Å². The van der Waals surface area contributed by atoms with Crippen molar-refractivity contribution < 1.29 is 135 Å². The lowest BCUT2D eigenvalue weighted by Gasteiger charge is -2.64. The summed E-state index contributed by atoms with van der Waals surface area (Å²) >= 11 is 0. The largest absolute Gasteiger partial charge is 0.461 e. The van der Waals surface area contributed by atoms with E-state index in [2.05, 4.69) is 40.3 Å². The van der Waals surface area contributed by atoms with E-state index in [0.29, 0.717) is 32.1 Å². The summed E-state index contributed by atoms with van der Waals surface area (Å²) in [5.74, 6) is -0.120. The molecule has 28 nitrogen and oxygen atoms in total. The highest BCUT2D eigenvalue weighted by Crippen LogP contribution is 2.76. The lowest BCUT2D eigenvalue weighted by molar-refractivity contribution is -0.405. The van der Waals surface area contributed by atoms with Gasteiger partial charge in [-0.3, -0.25) is 9.35 Å². The average molecular weight is 1210 g/mol. The van der Waals surface area contributed by atoms with Crippen LogP contribution in [0.1, 0.15) is 80.1 Å². The molecular formula is C54H84O28S. The zero-order chi connectivity index (χ0) is 60.4. The Labute approximate surface area is 480 Å². The first-order valence-corrected chi connectivity index (χ1v) is 29.9. The van der Waals surface area contributed by atoms with Crippen LogP contribution in [-0.2, 0) is 76.2 Å². The van der Waals surface area contributed by atoms with Gasteiger partial charge in [-0.15, -0.1) is 0 Å². The maximum Gasteiger partial charge on any atom is 0.397 e. The van der Waals surface area contributed by atoms with E-state index in [0.717, 1.165) is 12.0 Å². The Kier molecular flexibility index (Phi) is 18.3. The zero-order valence-electron chi connectivity index (χ0n) is 47.3. The van der Waals surface area contributed by atoms with Crippen molar-refractivity contribution in [1.29, 1.82) is 0 Å². The van der Waals surface area contributed by atoms with Crippen LogP contribution in [0.3, 0.4) is 0 Å². The van der Waals surface area contributed by atoms with Gasteiger partial charge in [-0.1, -0.05) is 51.5 Å². The molecule has 6 heterocycles. The van der Waals surface area contributed by atoms with Crippen molar-refractivity contribution in [3.05, 3.63) is 23.8 Å². The Balaban J connectivity index is 0.924. The van der Waals surface area contributed by atoms with Gasteiger partial charge in [0.1, 0.15) is 110 Å². The van der Waals surface area contributed by atoms with Gasteiger partial charge in [0.25, 0.3) is 0 Å². The van der Waals surface area contributed by atoms with Crippen LogP contribution >= 0.6 is 0 Å². The molecule has 4 aliphatic carbocycles. The molecule has 0 aromatic carbocycles. The molecule has 474 valence electrons. The molecule has 31 atom stereocenters. The van der Waals surface area contributed by atoms with Crippen LogP contribution in [0, 0.1) is 39.4 Å². The molecule has 3 saturated carbocycles. The Bertz CT molecular complexity index is 2490. The second-order valence-corrected chi connectivity index (χ2v) is 26.6. The molecule has 83 heavy (non-hydrogen) atoms. The second-order valence-electron chi connectivity index (χ2n) is 25.5. The highest BCUT2D eigenvalue weighted by molar-refractivity contribution is 7.80. The van der Waals surface area contributed by atoms with Gasteiger partial charge < -0.3 is 113 Å². The predicted octanol–water partition coefficient (Wildman–Crippen LogP) is -3.05. The van der Waals surface area contributed by atoms with Gasteiger partial charge in [0.2, 0.25) is 0 Å². The monoisotopic (exact) mass is 1210 g/mol. The molecule has 6 aliphatic heterocycles. The van der Waals surface area contributed by atoms with Crippen LogP contribution < -0.4 is 0 Å². The fourth-order valence-electron chi connectivity index (χ4n) is 16.4. The number of aliphatic hydroxyl groups is 11. The van der Waals surface area contributed by atoms with Crippen molar-refractivity contribution in [3.63, 3.8) is 0 Å². The van der Waals surface area contributed by atoms with E-state index in [4.69, 9.17) is 61.0 Å². The van der Waals surface area contributed by atoms with Gasteiger partial charge in [-0.25, -0.2) is 4.18 Å². The molecule has 12 N–H and O–H groups in total. The van der Waals surface area contributed by atoms with Crippen LogP contribution in [0.4, 0.5) is 0 Å². The maximum absolute atomic E-state index is 13.8. The van der Waals surface area contributed by atoms with Crippen LogP contribution in [0.5, 0.6) is 0 Å². The summed E-state index contributed by atoms with van der Waals surface area (Å²) < 4.78 is 111. The molecule has 0 radical (unpaired) electrons. The molecule has 6 saturated heterocycles. The van der Waals surface area contributed by atoms with Crippen molar-refractivity contribution in [1.82, 2.24) is 0 Å². The first kappa shape index (κ1) is 63.9. The quantitative estimate of drug-likeness (QED) is 0.0415. The van der Waals surface area contributed by atoms with Gasteiger partial charge in [-0.05, 0) is 75.0 Å². The van der Waals surface area contributed by atoms with Crippen molar-refractivity contribution in [3.8, 4) is 0 Å². The number of hydrogen-bond acceptors (Lipinski definition) is 27. The van der Waals surface area contributed by atoms with Crippen LogP contribution in [0.25, 0.3) is 0 Å². The van der Waals surface area contributed by atoms with Crippen LogP contribution in [0.15, 0.2) is 23.8 Å². The minimum absolute atomic E-state index is 0.00861. The number of carbonyl (C=O) groups excluding carboxylic acids is 1. The molecule has 0 aromatic rings. The average Bonchev–Trinajstić information content (AvgIpc) is 1.89. The third-order valence-electron chi connectivity index (χ3n) is 20.6. The minimum Gasteiger partial charge on any atom is -0.461 e. The Morgan fingerprint density at radius 3 is 1.94 bits per heavy atom. The van der Waals surface area contributed by atoms with E-state index in [1.165, 1.54) is 19.6 Å². The van der Waals surface area contributed by atoms with Crippen molar-refractivity contribution in [2.24, 2.45) is 39.4 Å². The smallest absolute Gasteiger partial charge is 0.397 e. The van der Waals surface area contributed by atoms with Crippen molar-refractivity contribution >= 4 is 16.4 Å². The molecule has 1 spiro atoms. The van der Waals surface area contributed by atoms with E-state index >= 15 is 0 Å². The van der Waals surface area contributed by atoms with E-state index in [1.807, 2.05) is 6.92 Å². The van der Waals surface area contributed by atoms with Gasteiger partial charge in [0.15, 0.2) is 31.5 Å². The Morgan fingerprint density at radius 2 is 1.29 bits per heavy atom. The maximum atomic E-state index is 13.8. The van der Waals surface area contributed by atoms with E-state index in [1.54, 1.807) is 0 Å². The zero-order valence-corrected chi connectivity index (χ0v) is 48.1. The SMILES string of the molecule is C=C(C)[C@H]1[C@H]2C[C@@]3(C)C4=CCC5C(C)(C)[C@@H](O[C@@H]6OC[C@@H](OS(=O)(=O)O)[C@H](O)[C@H]6O[C@@H]6O[C@H](C)[C@@H](O[C@@H]7O[C@H](CO)[C@@H](O)[C@H](O[C@@H]8OC[C@@H](O)[C@H](OC)[C@H]8O)[C@H]7O)[C@H](O)[C@H]6O[C@@H]6O[C@H](CO)[C@@H](O)[C@H](O)[C@H]6O)CC[C@]5(C)C4CC[C@]13C(=O)O2. The fraction of sp³-hybridized carbons (Fsp3) is 0.907. The van der Waals surface area contributed by atoms with Gasteiger partial charge in [0.05, 0.1) is 44.1 Å². The topological polar surface area (TPSA) is 414 Å². The second kappa shape index (κ2) is 23.7. The summed E-state index contributed by atoms with van der Waals surface area (Å²) in [7, 11) is -4.04. The normalized spacial score (nSPS) is 52.4. The molecule has 10 rings (SSSR count). The summed E-state index contributed by atoms with van der Waals surface area (Å²) in [6.45, 7) is 13.5. The number of ether oxygens (including phenoxy) is 12. The molecular weight excluding hydrogens is 1130 g/mol. The summed E-state index contributed by atoms with van der Waals surface area (Å²) in [5, 5.41) is 122. The molecule has 2 bridgehead atoms. The highest BCUT2D eigenvalue weighted by Gasteiger charge is 2.76. The van der Waals surface area contributed by atoms with Crippen LogP contribution in [0.2, 0.25) is 0 Å². The van der Waals surface area contributed by atoms with E-state index in [9.17, 15) is 73.9 Å². The summed E-state index contributed by atoms with van der Waals surface area (Å²) in [6, 6.07) is 0. The highest BCUT2D eigenvalue weighted by atomic mass is 32.3. The Morgan fingerprint density at radius 1 is 0.687 bits per heavy atom. The minimum atomic E-state index is -5.26. The number of aliphatic hydroxyl groups excluding tert-OH is 11. The number of allylic oxidation sites excluding steroid dienone is 2. The third kappa shape index (κ3) is 10.8.